The summed E-state index contributed by atoms with van der Waals surface area (Å²) >= 11 is 0. The van der Waals surface area contributed by atoms with E-state index in [0.717, 1.165) is 16.8 Å². The fourth-order valence-electron chi connectivity index (χ4n) is 2.40. The highest BCUT2D eigenvalue weighted by Crippen LogP contribution is 2.24. The Labute approximate surface area is 117 Å². The molecule has 3 rings (SSSR count). The Balaban J connectivity index is 1.94. The van der Waals surface area contributed by atoms with Crippen LogP contribution in [0.1, 0.15) is 11.1 Å². The van der Waals surface area contributed by atoms with Crippen molar-refractivity contribution in [3.63, 3.8) is 0 Å². The topological polar surface area (TPSA) is 32.3 Å². The highest BCUT2D eigenvalue weighted by molar-refractivity contribution is 5.96. The molecule has 2 aromatic carbocycles. The van der Waals surface area contributed by atoms with E-state index in [1.54, 1.807) is 17.0 Å². The van der Waals surface area contributed by atoms with Crippen molar-refractivity contribution < 1.29 is 9.18 Å². The Hall–Kier alpha value is -2.20. The van der Waals surface area contributed by atoms with E-state index < -0.39 is 0 Å². The average molecular weight is 270 g/mol. The summed E-state index contributed by atoms with van der Waals surface area (Å²) in [6.07, 6.45) is 0. The second-order valence-corrected chi connectivity index (χ2v) is 4.84. The number of carbonyl (C=O) groups excluding carboxylic acids is 1. The second kappa shape index (κ2) is 5.43. The molecule has 0 saturated heterocycles. The fraction of sp³-hybridized carbons (Fsp3) is 0.188. The van der Waals surface area contributed by atoms with E-state index in [1.807, 2.05) is 24.3 Å². The smallest absolute Gasteiger partial charge is 0.241 e. The molecule has 0 spiro atoms. The molecule has 0 saturated carbocycles. The van der Waals surface area contributed by atoms with Crippen LogP contribution < -0.4 is 10.2 Å². The number of amides is 1. The summed E-state index contributed by atoms with van der Waals surface area (Å²) < 4.78 is 13.0. The van der Waals surface area contributed by atoms with Gasteiger partial charge in [-0.05, 0) is 29.3 Å². The lowest BCUT2D eigenvalue weighted by Gasteiger charge is -2.22. The molecule has 0 bridgehead atoms. The number of benzene rings is 2. The van der Waals surface area contributed by atoms with Gasteiger partial charge in [-0.25, -0.2) is 4.39 Å². The summed E-state index contributed by atoms with van der Waals surface area (Å²) in [5, 5.41) is 3.13. The predicted molar refractivity (Wildman–Crippen MR) is 75.7 cm³/mol. The van der Waals surface area contributed by atoms with E-state index >= 15 is 0 Å². The maximum absolute atomic E-state index is 13.0. The van der Waals surface area contributed by atoms with Crippen LogP contribution in [0.5, 0.6) is 0 Å². The average Bonchev–Trinajstić information content (AvgIpc) is 2.62. The molecular formula is C16H15FN2O. The van der Waals surface area contributed by atoms with E-state index in [9.17, 15) is 9.18 Å². The minimum atomic E-state index is -0.266. The molecule has 1 aliphatic rings. The minimum Gasteiger partial charge on any atom is -0.307 e. The minimum absolute atomic E-state index is 0.0271. The maximum Gasteiger partial charge on any atom is 0.241 e. The summed E-state index contributed by atoms with van der Waals surface area (Å²) in [4.78, 5) is 14.0. The molecular weight excluding hydrogens is 255 g/mol. The van der Waals surface area contributed by atoms with Crippen molar-refractivity contribution in [1.82, 2.24) is 5.32 Å². The maximum atomic E-state index is 13.0. The van der Waals surface area contributed by atoms with E-state index in [2.05, 4.69) is 5.32 Å². The van der Waals surface area contributed by atoms with Gasteiger partial charge in [0.05, 0.1) is 13.1 Å². The van der Waals surface area contributed by atoms with Crippen LogP contribution in [-0.2, 0) is 17.9 Å². The first kappa shape index (κ1) is 12.8. The van der Waals surface area contributed by atoms with Gasteiger partial charge in [0.25, 0.3) is 0 Å². The van der Waals surface area contributed by atoms with Crippen molar-refractivity contribution in [2.24, 2.45) is 0 Å². The molecule has 0 unspecified atom stereocenters. The molecule has 2 aromatic rings. The molecule has 0 aliphatic carbocycles. The van der Waals surface area contributed by atoms with Crippen molar-refractivity contribution >= 4 is 11.6 Å². The number of carbonyl (C=O) groups is 1. The molecule has 1 amide bonds. The van der Waals surface area contributed by atoms with Crippen molar-refractivity contribution in [2.75, 3.05) is 11.4 Å². The van der Waals surface area contributed by atoms with Crippen molar-refractivity contribution in [3.05, 3.63) is 65.5 Å². The molecule has 1 aliphatic heterocycles. The highest BCUT2D eigenvalue weighted by atomic mass is 19.1. The number of para-hydroxylation sites is 1. The van der Waals surface area contributed by atoms with Crippen molar-refractivity contribution in [2.45, 2.75) is 13.1 Å². The van der Waals surface area contributed by atoms with Crippen LogP contribution in [0.3, 0.4) is 0 Å². The number of fused-ring (bicyclic) bond motifs is 1. The number of hydrogen-bond acceptors (Lipinski definition) is 2. The predicted octanol–water partition coefficient (Wildman–Crippen LogP) is 2.46. The molecule has 0 radical (unpaired) electrons. The van der Waals surface area contributed by atoms with Gasteiger partial charge in [0.2, 0.25) is 5.91 Å². The first-order chi connectivity index (χ1) is 9.74. The molecule has 1 heterocycles. The van der Waals surface area contributed by atoms with Gasteiger partial charge in [-0.15, -0.1) is 0 Å². The molecule has 1 N–H and O–H groups in total. The van der Waals surface area contributed by atoms with Gasteiger partial charge in [0, 0.05) is 12.2 Å². The Kier molecular flexibility index (Phi) is 3.48. The Morgan fingerprint density at radius 2 is 1.80 bits per heavy atom. The van der Waals surface area contributed by atoms with Crippen LogP contribution in [0.25, 0.3) is 0 Å². The van der Waals surface area contributed by atoms with Gasteiger partial charge in [-0.2, -0.15) is 0 Å². The normalized spacial score (nSPS) is 14.8. The van der Waals surface area contributed by atoms with E-state index in [-0.39, 0.29) is 11.7 Å². The highest BCUT2D eigenvalue weighted by Gasteiger charge is 2.21. The third-order valence-corrected chi connectivity index (χ3v) is 3.43. The number of anilines is 1. The van der Waals surface area contributed by atoms with Crippen LogP contribution in [-0.4, -0.2) is 12.5 Å². The van der Waals surface area contributed by atoms with Gasteiger partial charge in [0.15, 0.2) is 0 Å². The Bertz CT molecular complexity index is 625. The van der Waals surface area contributed by atoms with Crippen LogP contribution in [0.2, 0.25) is 0 Å². The second-order valence-electron chi connectivity index (χ2n) is 4.84. The summed E-state index contributed by atoms with van der Waals surface area (Å²) in [5.74, 6) is -0.239. The number of hydrogen-bond donors (Lipinski definition) is 1. The number of halogens is 1. The fourth-order valence-corrected chi connectivity index (χ4v) is 2.40. The van der Waals surface area contributed by atoms with Gasteiger partial charge >= 0.3 is 0 Å². The lowest BCUT2D eigenvalue weighted by Crippen LogP contribution is -2.35. The van der Waals surface area contributed by atoms with Crippen molar-refractivity contribution in [3.8, 4) is 0 Å². The molecule has 0 atom stereocenters. The molecule has 4 heteroatoms. The number of nitrogens with one attached hydrogen (secondary N) is 1. The standard InChI is InChI=1S/C16H15FN2O/c17-14-7-5-12(6-8-14)11-19-15-4-2-1-3-13(15)9-18-10-16(19)20/h1-8,18H,9-11H2. The lowest BCUT2D eigenvalue weighted by molar-refractivity contribution is -0.117. The summed E-state index contributed by atoms with van der Waals surface area (Å²) in [6, 6.07) is 14.1. The zero-order chi connectivity index (χ0) is 13.9. The third kappa shape index (κ3) is 2.56. The molecule has 0 aromatic heterocycles. The monoisotopic (exact) mass is 270 g/mol. The first-order valence-electron chi connectivity index (χ1n) is 6.57. The molecule has 102 valence electrons. The van der Waals surface area contributed by atoms with Crippen LogP contribution in [0.15, 0.2) is 48.5 Å². The zero-order valence-electron chi connectivity index (χ0n) is 11.0. The van der Waals surface area contributed by atoms with E-state index in [1.165, 1.54) is 12.1 Å². The summed E-state index contributed by atoms with van der Waals surface area (Å²) in [5.41, 5.74) is 2.93. The van der Waals surface area contributed by atoms with Crippen LogP contribution in [0, 0.1) is 5.82 Å². The van der Waals surface area contributed by atoms with E-state index in [0.29, 0.717) is 19.6 Å². The Morgan fingerprint density at radius 3 is 2.60 bits per heavy atom. The Morgan fingerprint density at radius 1 is 1.05 bits per heavy atom. The van der Waals surface area contributed by atoms with Crippen LogP contribution >= 0.6 is 0 Å². The van der Waals surface area contributed by atoms with E-state index in [4.69, 9.17) is 0 Å². The van der Waals surface area contributed by atoms with Crippen LogP contribution in [0.4, 0.5) is 10.1 Å². The SMILES string of the molecule is O=C1CNCc2ccccc2N1Cc1ccc(F)cc1. The lowest BCUT2D eigenvalue weighted by atomic mass is 10.1. The largest absolute Gasteiger partial charge is 0.307 e. The number of rotatable bonds is 2. The zero-order valence-corrected chi connectivity index (χ0v) is 11.0. The van der Waals surface area contributed by atoms with Crippen molar-refractivity contribution in [1.29, 1.82) is 0 Å². The quantitative estimate of drug-likeness (QED) is 0.909. The molecule has 0 fully saturated rings. The molecule has 20 heavy (non-hydrogen) atoms. The first-order valence-corrected chi connectivity index (χ1v) is 6.57. The number of nitrogens with zero attached hydrogens (tertiary/aromatic N) is 1. The van der Waals surface area contributed by atoms with Gasteiger partial charge in [-0.1, -0.05) is 30.3 Å². The van der Waals surface area contributed by atoms with Gasteiger partial charge in [0.1, 0.15) is 5.82 Å². The van der Waals surface area contributed by atoms with Gasteiger partial charge < -0.3 is 10.2 Å². The summed E-state index contributed by atoms with van der Waals surface area (Å²) in [6.45, 7) is 1.45. The third-order valence-electron chi connectivity index (χ3n) is 3.43. The van der Waals surface area contributed by atoms with Gasteiger partial charge in [-0.3, -0.25) is 4.79 Å². The summed E-state index contributed by atoms with van der Waals surface area (Å²) in [7, 11) is 0. The molecule has 3 nitrogen and oxygen atoms in total.